The Morgan fingerprint density at radius 2 is 1.98 bits per heavy atom. The lowest BCUT2D eigenvalue weighted by molar-refractivity contribution is -0.149. The molecule has 208 valence electrons. The molecule has 1 N–H and O–H groups in total. The number of ether oxygens (including phenoxy) is 3. The molecule has 40 heavy (non-hydrogen) atoms. The molecule has 1 saturated heterocycles. The lowest BCUT2D eigenvalue weighted by Gasteiger charge is -2.35. The first-order valence-corrected chi connectivity index (χ1v) is 13.2. The molecule has 3 heterocycles. The molecule has 1 aliphatic heterocycles. The van der Waals surface area contributed by atoms with Gasteiger partial charge in [0.05, 0.1) is 36.0 Å². The summed E-state index contributed by atoms with van der Waals surface area (Å²) in [4.78, 5) is 25.0. The number of furan rings is 1. The van der Waals surface area contributed by atoms with E-state index in [0.717, 1.165) is 31.6 Å². The average Bonchev–Trinajstić information content (AvgIpc) is 3.34. The van der Waals surface area contributed by atoms with Crippen LogP contribution < -0.4 is 14.8 Å². The number of carbonyl (C=O) groups is 1. The highest BCUT2D eigenvalue weighted by Gasteiger charge is 2.23. The van der Waals surface area contributed by atoms with Gasteiger partial charge >= 0.3 is 5.97 Å². The largest absolute Gasteiger partial charge is 0.493 e. The van der Waals surface area contributed by atoms with Crippen LogP contribution in [0.3, 0.4) is 0 Å². The third-order valence-electron chi connectivity index (χ3n) is 6.70. The van der Waals surface area contributed by atoms with Crippen LogP contribution in [-0.4, -0.2) is 84.8 Å². The third kappa shape index (κ3) is 6.20. The molecular weight excluding hydrogens is 536 g/mol. The molecular formula is C28H29ClN6O5. The van der Waals surface area contributed by atoms with Gasteiger partial charge in [0.2, 0.25) is 0 Å². The average molecular weight is 565 g/mol. The zero-order valence-electron chi connectivity index (χ0n) is 22.2. The number of piperazine rings is 1. The van der Waals surface area contributed by atoms with Gasteiger partial charge in [-0.15, -0.1) is 0 Å². The molecule has 0 bridgehead atoms. The maximum Gasteiger partial charge on any atom is 0.303 e. The maximum atomic E-state index is 11.8. The molecule has 0 aliphatic carbocycles. The van der Waals surface area contributed by atoms with E-state index in [4.69, 9.17) is 35.5 Å². The van der Waals surface area contributed by atoms with Crippen molar-refractivity contribution in [2.24, 2.45) is 0 Å². The number of carbonyl (C=O) groups excluding carboxylic acids is 1. The highest BCUT2D eigenvalue weighted by molar-refractivity contribution is 6.35. The molecule has 1 fully saturated rings. The van der Waals surface area contributed by atoms with Gasteiger partial charge < -0.3 is 23.9 Å². The van der Waals surface area contributed by atoms with Gasteiger partial charge in [-0.25, -0.2) is 9.97 Å². The summed E-state index contributed by atoms with van der Waals surface area (Å²) in [5.74, 6) is 1.13. The molecule has 1 atom stereocenters. The summed E-state index contributed by atoms with van der Waals surface area (Å²) in [6.45, 7) is 5.60. The zero-order chi connectivity index (χ0) is 28.1. The Hall–Kier alpha value is -4.11. The summed E-state index contributed by atoms with van der Waals surface area (Å²) in [7, 11) is 1.56. The van der Waals surface area contributed by atoms with Crippen LogP contribution in [0.15, 0.2) is 47.3 Å². The van der Waals surface area contributed by atoms with Crippen molar-refractivity contribution in [2.45, 2.75) is 13.0 Å². The van der Waals surface area contributed by atoms with Crippen LogP contribution in [0.1, 0.15) is 6.92 Å². The maximum absolute atomic E-state index is 11.8. The summed E-state index contributed by atoms with van der Waals surface area (Å²) in [5, 5.41) is 14.3. The van der Waals surface area contributed by atoms with Crippen molar-refractivity contribution in [3.05, 3.63) is 47.9 Å². The fraction of sp³-hybridized carbons (Fsp3) is 0.357. The van der Waals surface area contributed by atoms with E-state index in [1.165, 1.54) is 19.5 Å². The van der Waals surface area contributed by atoms with Gasteiger partial charge in [0.1, 0.15) is 31.1 Å². The standard InChI is InChI=1S/C28H29ClN6O5/c1-18(36)40-19(14-35-10-8-34(7-6-30)9-11-35)15-38-26-13-24-21(12-25(26)37-2)28(32-17-31-24)33-23-5-3-4-20-22(29)16-39-27(20)23/h3-5,12-13,16-17,19H,7-11,14-15H2,1-2H3,(H,31,32,33). The van der Waals surface area contributed by atoms with E-state index in [9.17, 15) is 4.79 Å². The summed E-state index contributed by atoms with van der Waals surface area (Å²) in [5.41, 5.74) is 1.96. The number of para-hydroxylation sites is 1. The van der Waals surface area contributed by atoms with E-state index >= 15 is 0 Å². The monoisotopic (exact) mass is 564 g/mol. The summed E-state index contributed by atoms with van der Waals surface area (Å²) >= 11 is 6.23. The van der Waals surface area contributed by atoms with Crippen molar-refractivity contribution < 1.29 is 23.4 Å². The molecule has 4 aromatic rings. The van der Waals surface area contributed by atoms with Crippen LogP contribution >= 0.6 is 11.6 Å². The van der Waals surface area contributed by atoms with E-state index in [0.29, 0.717) is 57.6 Å². The topological polar surface area (TPSA) is 126 Å². The molecule has 1 aliphatic rings. The summed E-state index contributed by atoms with van der Waals surface area (Å²) in [6, 6.07) is 11.4. The number of nitriles is 1. The Morgan fingerprint density at radius 3 is 2.73 bits per heavy atom. The molecule has 0 saturated carbocycles. The number of halogens is 1. The first kappa shape index (κ1) is 27.5. The predicted molar refractivity (Wildman–Crippen MR) is 150 cm³/mol. The minimum atomic E-state index is -0.483. The van der Waals surface area contributed by atoms with Gasteiger partial charge in [0, 0.05) is 56.5 Å². The quantitative estimate of drug-likeness (QED) is 0.219. The number of fused-ring (bicyclic) bond motifs is 2. The van der Waals surface area contributed by atoms with Crippen LogP contribution in [0.25, 0.3) is 21.9 Å². The van der Waals surface area contributed by atoms with Gasteiger partial charge in [0.15, 0.2) is 17.1 Å². The highest BCUT2D eigenvalue weighted by Crippen LogP contribution is 2.37. The van der Waals surface area contributed by atoms with Gasteiger partial charge in [-0.2, -0.15) is 5.26 Å². The molecule has 2 aromatic carbocycles. The van der Waals surface area contributed by atoms with Crippen LogP contribution in [0.2, 0.25) is 5.02 Å². The van der Waals surface area contributed by atoms with Crippen molar-refractivity contribution in [1.29, 1.82) is 5.26 Å². The lowest BCUT2D eigenvalue weighted by atomic mass is 10.2. The summed E-state index contributed by atoms with van der Waals surface area (Å²) in [6.07, 6.45) is 2.48. The van der Waals surface area contributed by atoms with Crippen LogP contribution in [0.5, 0.6) is 11.5 Å². The number of rotatable bonds is 10. The second-order valence-corrected chi connectivity index (χ2v) is 9.82. The summed E-state index contributed by atoms with van der Waals surface area (Å²) < 4.78 is 23.0. The van der Waals surface area contributed by atoms with Crippen molar-refractivity contribution in [1.82, 2.24) is 19.8 Å². The first-order chi connectivity index (χ1) is 19.4. The van der Waals surface area contributed by atoms with Crippen LogP contribution in [-0.2, 0) is 9.53 Å². The molecule has 1 unspecified atom stereocenters. The van der Waals surface area contributed by atoms with E-state index < -0.39 is 6.10 Å². The number of anilines is 2. The second kappa shape index (κ2) is 12.4. The Bertz CT molecular complexity index is 1550. The Labute approximate surface area is 236 Å². The SMILES string of the molecule is COc1cc2c(Nc3cccc4c(Cl)coc34)ncnc2cc1OCC(CN1CCN(CC#N)CC1)OC(C)=O. The van der Waals surface area contributed by atoms with Crippen LogP contribution in [0.4, 0.5) is 11.5 Å². The Morgan fingerprint density at radius 1 is 1.18 bits per heavy atom. The molecule has 0 radical (unpaired) electrons. The molecule has 5 rings (SSSR count). The number of benzene rings is 2. The lowest BCUT2D eigenvalue weighted by Crippen LogP contribution is -2.49. The molecule has 11 nitrogen and oxygen atoms in total. The molecule has 12 heteroatoms. The second-order valence-electron chi connectivity index (χ2n) is 9.41. The van der Waals surface area contributed by atoms with Gasteiger partial charge in [0.25, 0.3) is 0 Å². The Balaban J connectivity index is 1.33. The zero-order valence-corrected chi connectivity index (χ0v) is 23.0. The minimum absolute atomic E-state index is 0.136. The highest BCUT2D eigenvalue weighted by atomic mass is 35.5. The van der Waals surface area contributed by atoms with Crippen molar-refractivity contribution in [2.75, 3.05) is 58.3 Å². The van der Waals surface area contributed by atoms with Crippen molar-refractivity contribution in [3.63, 3.8) is 0 Å². The van der Waals surface area contributed by atoms with Gasteiger partial charge in [-0.1, -0.05) is 17.7 Å². The first-order valence-electron chi connectivity index (χ1n) is 12.8. The fourth-order valence-corrected chi connectivity index (χ4v) is 4.94. The Kier molecular flexibility index (Phi) is 8.50. The number of esters is 1. The van der Waals surface area contributed by atoms with E-state index in [-0.39, 0.29) is 12.6 Å². The smallest absolute Gasteiger partial charge is 0.303 e. The van der Waals surface area contributed by atoms with Crippen LogP contribution in [0, 0.1) is 11.3 Å². The minimum Gasteiger partial charge on any atom is -0.493 e. The van der Waals surface area contributed by atoms with Gasteiger partial charge in [-0.05, 0) is 18.2 Å². The fourth-order valence-electron chi connectivity index (χ4n) is 4.75. The van der Waals surface area contributed by atoms with E-state index in [1.54, 1.807) is 19.2 Å². The van der Waals surface area contributed by atoms with Gasteiger partial charge in [-0.3, -0.25) is 14.6 Å². The van der Waals surface area contributed by atoms with Crippen molar-refractivity contribution >= 4 is 50.9 Å². The number of aromatic nitrogens is 2. The normalized spacial score (nSPS) is 15.1. The number of hydrogen-bond donors (Lipinski definition) is 1. The van der Waals surface area contributed by atoms with Crippen molar-refractivity contribution in [3.8, 4) is 17.6 Å². The number of nitrogens with zero attached hydrogens (tertiary/aromatic N) is 5. The predicted octanol–water partition coefficient (Wildman–Crippen LogP) is 4.23. The number of hydrogen-bond acceptors (Lipinski definition) is 11. The molecule has 0 spiro atoms. The number of nitrogens with one attached hydrogen (secondary N) is 1. The number of methoxy groups -OCH3 is 1. The molecule has 2 aromatic heterocycles. The molecule has 0 amide bonds. The third-order valence-corrected chi connectivity index (χ3v) is 7.00. The van der Waals surface area contributed by atoms with E-state index in [2.05, 4.69) is 31.2 Å². The van der Waals surface area contributed by atoms with E-state index in [1.807, 2.05) is 18.2 Å².